The van der Waals surface area contributed by atoms with Crippen LogP contribution in [0.1, 0.15) is 18.4 Å². The van der Waals surface area contributed by atoms with Crippen LogP contribution in [0.5, 0.6) is 0 Å². The van der Waals surface area contributed by atoms with Crippen molar-refractivity contribution in [1.29, 1.82) is 0 Å². The second-order valence-corrected chi connectivity index (χ2v) is 5.05. The van der Waals surface area contributed by atoms with Gasteiger partial charge < -0.3 is 15.3 Å². The summed E-state index contributed by atoms with van der Waals surface area (Å²) in [4.78, 5) is 16.5. The molecule has 7 nitrogen and oxygen atoms in total. The molecule has 0 saturated carbocycles. The topological polar surface area (TPSA) is 91.5 Å². The molecule has 20 heavy (non-hydrogen) atoms. The Balaban J connectivity index is 2.15. The standard InChI is InChI=1S/C13H20N4O3/c1-10-7-13(15-8-12(10)17(19)20)16(5-6-18)9-11-3-2-4-14-11/h7-8,11,14,18H,2-6,9H2,1H3. The van der Waals surface area contributed by atoms with E-state index in [0.29, 0.717) is 24.0 Å². The average molecular weight is 280 g/mol. The Morgan fingerprint density at radius 1 is 1.65 bits per heavy atom. The first-order valence-corrected chi connectivity index (χ1v) is 6.82. The number of aliphatic hydroxyl groups is 1. The zero-order valence-corrected chi connectivity index (χ0v) is 11.6. The van der Waals surface area contributed by atoms with Crippen molar-refractivity contribution in [1.82, 2.24) is 10.3 Å². The lowest BCUT2D eigenvalue weighted by molar-refractivity contribution is -0.385. The fraction of sp³-hybridized carbons (Fsp3) is 0.615. The summed E-state index contributed by atoms with van der Waals surface area (Å²) >= 11 is 0. The van der Waals surface area contributed by atoms with Gasteiger partial charge in [-0.2, -0.15) is 0 Å². The zero-order valence-electron chi connectivity index (χ0n) is 11.6. The van der Waals surface area contributed by atoms with Crippen LogP contribution in [0.3, 0.4) is 0 Å². The summed E-state index contributed by atoms with van der Waals surface area (Å²) < 4.78 is 0. The molecule has 0 aliphatic carbocycles. The number of pyridine rings is 1. The molecule has 2 rings (SSSR count). The molecule has 0 spiro atoms. The van der Waals surface area contributed by atoms with E-state index in [4.69, 9.17) is 0 Å². The van der Waals surface area contributed by atoms with E-state index in [2.05, 4.69) is 10.3 Å². The smallest absolute Gasteiger partial charge is 0.290 e. The van der Waals surface area contributed by atoms with E-state index >= 15 is 0 Å². The van der Waals surface area contributed by atoms with Crippen LogP contribution < -0.4 is 10.2 Å². The number of nitrogens with zero attached hydrogens (tertiary/aromatic N) is 3. The predicted molar refractivity (Wildman–Crippen MR) is 76.0 cm³/mol. The van der Waals surface area contributed by atoms with Crippen molar-refractivity contribution in [2.75, 3.05) is 31.1 Å². The van der Waals surface area contributed by atoms with Crippen molar-refractivity contribution in [2.24, 2.45) is 0 Å². The summed E-state index contributed by atoms with van der Waals surface area (Å²) in [5, 5.41) is 23.4. The minimum atomic E-state index is -0.430. The van der Waals surface area contributed by atoms with Gasteiger partial charge in [-0.25, -0.2) is 4.98 Å². The molecule has 1 atom stereocenters. The number of hydrogen-bond acceptors (Lipinski definition) is 6. The third kappa shape index (κ3) is 3.43. The molecule has 0 aromatic carbocycles. The van der Waals surface area contributed by atoms with E-state index in [9.17, 15) is 15.2 Å². The first-order chi connectivity index (χ1) is 9.61. The van der Waals surface area contributed by atoms with Gasteiger partial charge in [0.25, 0.3) is 5.69 Å². The van der Waals surface area contributed by atoms with Gasteiger partial charge in [0.05, 0.1) is 11.5 Å². The number of anilines is 1. The van der Waals surface area contributed by atoms with Crippen LogP contribution in [0, 0.1) is 17.0 Å². The molecule has 1 aliphatic heterocycles. The quantitative estimate of drug-likeness (QED) is 0.593. The molecule has 0 bridgehead atoms. The lowest BCUT2D eigenvalue weighted by Crippen LogP contribution is -2.39. The Kier molecular flexibility index (Phi) is 4.86. The highest BCUT2D eigenvalue weighted by molar-refractivity contribution is 5.48. The van der Waals surface area contributed by atoms with Gasteiger partial charge in [0.2, 0.25) is 0 Å². The summed E-state index contributed by atoms with van der Waals surface area (Å²) in [7, 11) is 0. The minimum absolute atomic E-state index is 0.0247. The van der Waals surface area contributed by atoms with E-state index in [1.54, 1.807) is 13.0 Å². The van der Waals surface area contributed by atoms with Crippen LogP contribution in [0.15, 0.2) is 12.3 Å². The number of rotatable bonds is 6. The van der Waals surface area contributed by atoms with Crippen LogP contribution >= 0.6 is 0 Å². The van der Waals surface area contributed by atoms with Crippen LogP contribution in [-0.4, -0.2) is 47.3 Å². The number of aliphatic hydroxyl groups excluding tert-OH is 1. The summed E-state index contributed by atoms with van der Waals surface area (Å²) in [6.07, 6.45) is 3.55. The molecule has 7 heteroatoms. The van der Waals surface area contributed by atoms with Crippen molar-refractivity contribution in [3.63, 3.8) is 0 Å². The van der Waals surface area contributed by atoms with E-state index < -0.39 is 4.92 Å². The molecular weight excluding hydrogens is 260 g/mol. The van der Waals surface area contributed by atoms with Crippen molar-refractivity contribution >= 4 is 11.5 Å². The molecule has 1 aliphatic rings. The van der Waals surface area contributed by atoms with Crippen LogP contribution in [-0.2, 0) is 0 Å². The Labute approximate surface area is 117 Å². The Bertz CT molecular complexity index is 475. The van der Waals surface area contributed by atoms with Gasteiger partial charge in [-0.1, -0.05) is 0 Å². The summed E-state index contributed by atoms with van der Waals surface area (Å²) in [6.45, 7) is 3.98. The first kappa shape index (κ1) is 14.7. The van der Waals surface area contributed by atoms with E-state index in [1.807, 2.05) is 4.90 Å². The highest BCUT2D eigenvalue weighted by atomic mass is 16.6. The number of nitro groups is 1. The molecule has 0 amide bonds. The van der Waals surface area contributed by atoms with Gasteiger partial charge in [0.1, 0.15) is 12.0 Å². The van der Waals surface area contributed by atoms with Crippen LogP contribution in [0.4, 0.5) is 11.5 Å². The van der Waals surface area contributed by atoms with Gasteiger partial charge in [0, 0.05) is 24.7 Å². The lowest BCUT2D eigenvalue weighted by atomic mass is 10.2. The summed E-state index contributed by atoms with van der Waals surface area (Å²) in [6, 6.07) is 2.10. The van der Waals surface area contributed by atoms with Crippen molar-refractivity contribution in [3.8, 4) is 0 Å². The molecule has 1 aromatic heterocycles. The van der Waals surface area contributed by atoms with Gasteiger partial charge in [0.15, 0.2) is 0 Å². The second-order valence-electron chi connectivity index (χ2n) is 5.05. The minimum Gasteiger partial charge on any atom is -0.395 e. The van der Waals surface area contributed by atoms with E-state index in [0.717, 1.165) is 25.9 Å². The molecule has 1 unspecified atom stereocenters. The van der Waals surface area contributed by atoms with E-state index in [-0.39, 0.29) is 12.3 Å². The number of nitrogens with one attached hydrogen (secondary N) is 1. The molecule has 2 N–H and O–H groups in total. The summed E-state index contributed by atoms with van der Waals surface area (Å²) in [5.74, 6) is 0.677. The largest absolute Gasteiger partial charge is 0.395 e. The third-order valence-electron chi connectivity index (χ3n) is 3.56. The lowest BCUT2D eigenvalue weighted by Gasteiger charge is -2.26. The van der Waals surface area contributed by atoms with E-state index in [1.165, 1.54) is 6.20 Å². The molecule has 1 fully saturated rings. The molecule has 1 aromatic rings. The monoisotopic (exact) mass is 280 g/mol. The van der Waals surface area contributed by atoms with Gasteiger partial charge in [-0.05, 0) is 32.4 Å². The van der Waals surface area contributed by atoms with Crippen LogP contribution in [0.2, 0.25) is 0 Å². The third-order valence-corrected chi connectivity index (χ3v) is 3.56. The second kappa shape index (κ2) is 6.62. The molecular formula is C13H20N4O3. The molecule has 0 radical (unpaired) electrons. The van der Waals surface area contributed by atoms with Crippen molar-refractivity contribution < 1.29 is 10.0 Å². The maximum atomic E-state index is 10.8. The van der Waals surface area contributed by atoms with Gasteiger partial charge in [-0.15, -0.1) is 0 Å². The SMILES string of the molecule is Cc1cc(N(CCO)CC2CCCN2)ncc1[N+](=O)[O-]. The zero-order chi connectivity index (χ0) is 14.5. The fourth-order valence-electron chi connectivity index (χ4n) is 2.50. The Morgan fingerprint density at radius 2 is 2.45 bits per heavy atom. The summed E-state index contributed by atoms with van der Waals surface area (Å²) in [5.41, 5.74) is 0.610. The van der Waals surface area contributed by atoms with Crippen molar-refractivity contribution in [3.05, 3.63) is 27.9 Å². The molecule has 110 valence electrons. The normalized spacial score (nSPS) is 18.2. The maximum absolute atomic E-state index is 10.8. The predicted octanol–water partition coefficient (Wildman–Crippen LogP) is 0.849. The molecule has 2 heterocycles. The average Bonchev–Trinajstić information content (AvgIpc) is 2.90. The number of hydrogen-bond donors (Lipinski definition) is 2. The van der Waals surface area contributed by atoms with Gasteiger partial charge >= 0.3 is 0 Å². The fourth-order valence-corrected chi connectivity index (χ4v) is 2.50. The number of aryl methyl sites for hydroxylation is 1. The Hall–Kier alpha value is -1.73. The maximum Gasteiger partial charge on any atom is 0.290 e. The first-order valence-electron chi connectivity index (χ1n) is 6.82. The van der Waals surface area contributed by atoms with Crippen molar-refractivity contribution in [2.45, 2.75) is 25.8 Å². The Morgan fingerprint density at radius 3 is 3.00 bits per heavy atom. The van der Waals surface area contributed by atoms with Crippen LogP contribution in [0.25, 0.3) is 0 Å². The number of aromatic nitrogens is 1. The molecule has 1 saturated heterocycles. The highest BCUT2D eigenvalue weighted by Crippen LogP contribution is 2.22. The van der Waals surface area contributed by atoms with Gasteiger partial charge in [-0.3, -0.25) is 10.1 Å². The highest BCUT2D eigenvalue weighted by Gasteiger charge is 2.20.